The van der Waals surface area contributed by atoms with E-state index in [4.69, 9.17) is 23.2 Å². The quantitative estimate of drug-likeness (QED) is 0.158. The Labute approximate surface area is 285 Å². The number of aliphatic hydroxyl groups is 1. The van der Waals surface area contributed by atoms with Gasteiger partial charge < -0.3 is 15.1 Å². The Hall–Kier alpha value is -0.900. The van der Waals surface area contributed by atoms with Gasteiger partial charge in [-0.1, -0.05) is 62.2 Å². The Balaban J connectivity index is 1.13. The average molecular weight is 715 g/mol. The molecule has 1 aliphatic heterocycles. The predicted molar refractivity (Wildman–Crippen MR) is 174 cm³/mol. The summed E-state index contributed by atoms with van der Waals surface area (Å²) in [6.45, 7) is 5.92. The molecule has 0 spiro atoms. The SMILES string of the molecule is C[C@]12C[C@H](F)[C@@H]3c4cc(Cl)c(O)c(Cl)c4C[C@@H](CCCCCN4CCC[C@H]4CCCCCCC(F)(F)C(F)(F)F)[C@H]3[C@@H]1CC[C@@]2(C)O. The van der Waals surface area contributed by atoms with Crippen molar-refractivity contribution < 1.29 is 36.6 Å². The fraction of sp³-hybridized carbons (Fsp3) is 0.833. The molecule has 11 heteroatoms. The van der Waals surface area contributed by atoms with Gasteiger partial charge in [0.2, 0.25) is 0 Å². The van der Waals surface area contributed by atoms with E-state index in [0.29, 0.717) is 38.1 Å². The van der Waals surface area contributed by atoms with Crippen molar-refractivity contribution in [3.8, 4) is 5.75 Å². The Morgan fingerprint density at radius 3 is 2.36 bits per heavy atom. The maximum atomic E-state index is 16.3. The van der Waals surface area contributed by atoms with Gasteiger partial charge in [0, 0.05) is 23.8 Å². The van der Waals surface area contributed by atoms with Gasteiger partial charge in [0.1, 0.15) is 6.17 Å². The number of benzene rings is 1. The van der Waals surface area contributed by atoms with Crippen LogP contribution in [0.1, 0.15) is 127 Å². The highest BCUT2D eigenvalue weighted by Gasteiger charge is 2.64. The fourth-order valence-electron chi connectivity index (χ4n) is 9.98. The molecule has 0 aromatic heterocycles. The molecular formula is C36H51Cl2F6NO2. The van der Waals surface area contributed by atoms with Crippen molar-refractivity contribution in [1.29, 1.82) is 0 Å². The number of phenolic OH excluding ortho intramolecular Hbond substituents is 1. The molecule has 4 aliphatic rings. The lowest BCUT2D eigenvalue weighted by atomic mass is 9.50. The summed E-state index contributed by atoms with van der Waals surface area (Å²) in [5.74, 6) is -4.69. The van der Waals surface area contributed by atoms with E-state index in [1.807, 2.05) is 6.92 Å². The number of hydrogen-bond donors (Lipinski definition) is 2. The van der Waals surface area contributed by atoms with E-state index in [2.05, 4.69) is 11.8 Å². The van der Waals surface area contributed by atoms with Crippen molar-refractivity contribution in [3.63, 3.8) is 0 Å². The number of fused-ring (bicyclic) bond motifs is 5. The highest BCUT2D eigenvalue weighted by molar-refractivity contribution is 6.37. The monoisotopic (exact) mass is 713 g/mol. The molecule has 0 radical (unpaired) electrons. The number of aromatic hydroxyl groups is 1. The van der Waals surface area contributed by atoms with E-state index < -0.39 is 35.7 Å². The first kappa shape index (κ1) is 37.4. The molecule has 1 aromatic carbocycles. The molecule has 5 rings (SSSR count). The first-order chi connectivity index (χ1) is 22.0. The summed E-state index contributed by atoms with van der Waals surface area (Å²) >= 11 is 13.0. The van der Waals surface area contributed by atoms with Crippen LogP contribution in [-0.2, 0) is 6.42 Å². The topological polar surface area (TPSA) is 43.7 Å². The van der Waals surface area contributed by atoms with Gasteiger partial charge in [0.05, 0.1) is 15.6 Å². The molecule has 0 bridgehead atoms. The van der Waals surface area contributed by atoms with Gasteiger partial charge in [0.25, 0.3) is 0 Å². The molecule has 2 saturated carbocycles. The zero-order chi connectivity index (χ0) is 34.4. The van der Waals surface area contributed by atoms with Gasteiger partial charge in [-0.3, -0.25) is 0 Å². The number of rotatable bonds is 13. The average Bonchev–Trinajstić information content (AvgIpc) is 3.53. The van der Waals surface area contributed by atoms with Gasteiger partial charge in [0.15, 0.2) is 5.75 Å². The third kappa shape index (κ3) is 7.44. The van der Waals surface area contributed by atoms with Gasteiger partial charge in [-0.15, -0.1) is 0 Å². The minimum Gasteiger partial charge on any atom is -0.505 e. The van der Waals surface area contributed by atoms with Crippen LogP contribution in [0.25, 0.3) is 0 Å². The van der Waals surface area contributed by atoms with E-state index in [1.54, 1.807) is 6.07 Å². The minimum atomic E-state index is -5.47. The highest BCUT2D eigenvalue weighted by atomic mass is 35.5. The van der Waals surface area contributed by atoms with Crippen molar-refractivity contribution in [2.75, 3.05) is 13.1 Å². The van der Waals surface area contributed by atoms with E-state index in [-0.39, 0.29) is 45.9 Å². The van der Waals surface area contributed by atoms with Crippen molar-refractivity contribution >= 4 is 23.2 Å². The van der Waals surface area contributed by atoms with E-state index in [1.165, 1.54) is 0 Å². The van der Waals surface area contributed by atoms with E-state index in [0.717, 1.165) is 82.0 Å². The molecule has 3 nitrogen and oxygen atoms in total. The van der Waals surface area contributed by atoms with Gasteiger partial charge >= 0.3 is 12.1 Å². The van der Waals surface area contributed by atoms with E-state index >= 15 is 4.39 Å². The second-order valence-electron chi connectivity index (χ2n) is 15.5. The zero-order valence-corrected chi connectivity index (χ0v) is 29.1. The fourth-order valence-corrected chi connectivity index (χ4v) is 10.5. The standard InChI is InChI=1S/C36H51Cl2F6NO2/c1-33-21-28(39)30-24-20-27(37)32(46)31(38)25(24)19-22(29(30)26(33)14-16-34(33,2)47)11-6-5-9-17-45-18-10-13-23(45)12-7-3-4-8-15-35(40,41)36(42,43)44/h20,22-23,26,28-30,46-47H,3-19,21H2,1-2H3/t22-,23-,26+,28+,29+,30+,33+,34-/m1/s1. The summed E-state index contributed by atoms with van der Waals surface area (Å²) in [7, 11) is 0. The van der Waals surface area contributed by atoms with Crippen LogP contribution in [0.4, 0.5) is 26.3 Å². The minimum absolute atomic E-state index is 0.0598. The maximum absolute atomic E-state index is 16.3. The Morgan fingerprint density at radius 1 is 0.957 bits per heavy atom. The summed E-state index contributed by atoms with van der Waals surface area (Å²) in [6.07, 6.45) is 3.54. The van der Waals surface area contributed by atoms with Gasteiger partial charge in [-0.25, -0.2) is 4.39 Å². The summed E-state index contributed by atoms with van der Waals surface area (Å²) in [5, 5.41) is 22.3. The first-order valence-electron chi connectivity index (χ1n) is 17.7. The predicted octanol–water partition coefficient (Wildman–Crippen LogP) is 11.0. The Morgan fingerprint density at radius 2 is 1.64 bits per heavy atom. The van der Waals surface area contributed by atoms with E-state index in [9.17, 15) is 32.2 Å². The molecule has 1 heterocycles. The molecule has 0 unspecified atom stereocenters. The van der Waals surface area contributed by atoms with Crippen LogP contribution in [0.2, 0.25) is 10.0 Å². The molecule has 268 valence electrons. The van der Waals surface area contributed by atoms with Crippen LogP contribution in [0, 0.1) is 23.2 Å². The maximum Gasteiger partial charge on any atom is 0.453 e. The molecule has 2 N–H and O–H groups in total. The summed E-state index contributed by atoms with van der Waals surface area (Å²) in [4.78, 5) is 2.50. The summed E-state index contributed by atoms with van der Waals surface area (Å²) < 4.78 is 79.7. The van der Waals surface area contributed by atoms with Crippen molar-refractivity contribution in [3.05, 3.63) is 27.2 Å². The second kappa shape index (κ2) is 14.4. The lowest BCUT2D eigenvalue weighted by Crippen LogP contribution is -2.55. The van der Waals surface area contributed by atoms with Crippen LogP contribution >= 0.6 is 23.2 Å². The van der Waals surface area contributed by atoms with Gasteiger partial charge in [-0.05, 0) is 119 Å². The molecule has 0 amide bonds. The number of halogens is 8. The summed E-state index contributed by atoms with van der Waals surface area (Å²) in [6, 6.07) is 2.15. The number of unbranched alkanes of at least 4 members (excludes halogenated alkanes) is 5. The number of hydrogen-bond acceptors (Lipinski definition) is 3. The van der Waals surface area contributed by atoms with Gasteiger partial charge in [-0.2, -0.15) is 22.0 Å². The Bertz CT molecular complexity index is 1240. The van der Waals surface area contributed by atoms with Crippen LogP contribution in [0.3, 0.4) is 0 Å². The van der Waals surface area contributed by atoms with Crippen molar-refractivity contribution in [1.82, 2.24) is 4.90 Å². The number of likely N-dealkylation sites (tertiary alicyclic amines) is 1. The van der Waals surface area contributed by atoms with Crippen LogP contribution in [0.15, 0.2) is 6.07 Å². The molecule has 1 saturated heterocycles. The number of nitrogens with zero attached hydrogens (tertiary/aromatic N) is 1. The van der Waals surface area contributed by atoms with Crippen molar-refractivity contribution in [2.24, 2.45) is 23.2 Å². The Kier molecular flexibility index (Phi) is 11.4. The zero-order valence-electron chi connectivity index (χ0n) is 27.6. The van der Waals surface area contributed by atoms with Crippen LogP contribution < -0.4 is 0 Å². The van der Waals surface area contributed by atoms with Crippen LogP contribution in [0.5, 0.6) is 5.75 Å². The molecule has 3 fully saturated rings. The second-order valence-corrected chi connectivity index (χ2v) is 16.3. The molecule has 1 aromatic rings. The van der Waals surface area contributed by atoms with Crippen molar-refractivity contribution in [2.45, 2.75) is 152 Å². The summed E-state index contributed by atoms with van der Waals surface area (Å²) in [5.41, 5.74) is 0.201. The molecule has 47 heavy (non-hydrogen) atoms. The first-order valence-corrected chi connectivity index (χ1v) is 18.5. The third-order valence-corrected chi connectivity index (χ3v) is 13.5. The molecule has 3 aliphatic carbocycles. The van der Waals surface area contributed by atoms with Crippen LogP contribution in [-0.4, -0.2) is 58.1 Å². The normalized spacial score (nSPS) is 34.4. The largest absolute Gasteiger partial charge is 0.505 e. The molecular weight excluding hydrogens is 663 g/mol. The lowest BCUT2D eigenvalue weighted by molar-refractivity contribution is -0.284. The number of alkyl halides is 6. The number of phenols is 1. The highest BCUT2D eigenvalue weighted by Crippen LogP contribution is 2.67. The lowest BCUT2D eigenvalue weighted by Gasteiger charge is -2.56. The molecule has 8 atom stereocenters. The smallest absolute Gasteiger partial charge is 0.453 e. The third-order valence-electron chi connectivity index (χ3n) is 12.8.